The molecule has 36 heavy (non-hydrogen) atoms. The summed E-state index contributed by atoms with van der Waals surface area (Å²) in [6.45, 7) is 1.94. The van der Waals surface area contributed by atoms with Gasteiger partial charge in [0, 0.05) is 22.3 Å². The number of ether oxygens (including phenoxy) is 1. The van der Waals surface area contributed by atoms with Crippen molar-refractivity contribution < 1.29 is 18.6 Å². The van der Waals surface area contributed by atoms with E-state index in [1.54, 1.807) is 16.8 Å². The van der Waals surface area contributed by atoms with Crippen LogP contribution in [0.1, 0.15) is 16.8 Å². The summed E-state index contributed by atoms with van der Waals surface area (Å²) in [6, 6.07) is 16.0. The fourth-order valence-corrected chi connectivity index (χ4v) is 4.36. The number of halogens is 3. The van der Waals surface area contributed by atoms with Crippen LogP contribution in [0.3, 0.4) is 0 Å². The Hall–Kier alpha value is -3.82. The number of benzene rings is 3. The first-order chi connectivity index (χ1) is 17.3. The Labute approximate surface area is 210 Å². The van der Waals surface area contributed by atoms with Crippen LogP contribution in [0, 0.1) is 18.6 Å². The van der Waals surface area contributed by atoms with Gasteiger partial charge >= 0.3 is 0 Å². The molecule has 0 aliphatic carbocycles. The molecule has 3 aromatic carbocycles. The fourth-order valence-electron chi connectivity index (χ4n) is 4.23. The van der Waals surface area contributed by atoms with E-state index in [0.29, 0.717) is 22.9 Å². The van der Waals surface area contributed by atoms with Gasteiger partial charge in [0.1, 0.15) is 42.2 Å². The lowest BCUT2D eigenvalue weighted by Crippen LogP contribution is -2.38. The Kier molecular flexibility index (Phi) is 6.42. The average molecular weight is 510 g/mol. The summed E-state index contributed by atoms with van der Waals surface area (Å²) in [7, 11) is 0. The predicted octanol–water partition coefficient (Wildman–Crippen LogP) is 5.03. The van der Waals surface area contributed by atoms with E-state index >= 15 is 0 Å². The van der Waals surface area contributed by atoms with Crippen molar-refractivity contribution in [1.29, 1.82) is 0 Å². The van der Waals surface area contributed by atoms with E-state index in [-0.39, 0.29) is 18.7 Å². The normalized spacial score (nSPS) is 13.1. The summed E-state index contributed by atoms with van der Waals surface area (Å²) in [5.41, 5.74) is 0.454. The molecule has 7 nitrogen and oxygen atoms in total. The van der Waals surface area contributed by atoms with Crippen molar-refractivity contribution in [3.05, 3.63) is 107 Å². The summed E-state index contributed by atoms with van der Waals surface area (Å²) in [4.78, 5) is 3.90. The molecule has 5 rings (SSSR count). The predicted molar refractivity (Wildman–Crippen MR) is 131 cm³/mol. The Morgan fingerprint density at radius 1 is 1.06 bits per heavy atom. The van der Waals surface area contributed by atoms with Crippen molar-refractivity contribution in [2.75, 3.05) is 0 Å². The van der Waals surface area contributed by atoms with Gasteiger partial charge in [0.05, 0.1) is 24.0 Å². The van der Waals surface area contributed by atoms with Crippen LogP contribution in [0.15, 0.2) is 73.3 Å². The van der Waals surface area contributed by atoms with Gasteiger partial charge in [0.15, 0.2) is 0 Å². The largest absolute Gasteiger partial charge is 0.488 e. The van der Waals surface area contributed by atoms with Gasteiger partial charge in [-0.1, -0.05) is 35.9 Å². The highest BCUT2D eigenvalue weighted by Crippen LogP contribution is 2.33. The lowest BCUT2D eigenvalue weighted by atomic mass is 9.92. The first-order valence-corrected chi connectivity index (χ1v) is 11.5. The fraction of sp³-hybridized carbons (Fsp3) is 0.192. The van der Waals surface area contributed by atoms with Crippen LogP contribution in [0.25, 0.3) is 10.9 Å². The number of fused-ring (bicyclic) bond motifs is 1. The minimum absolute atomic E-state index is 0.0717. The molecule has 0 saturated carbocycles. The maximum absolute atomic E-state index is 14.8. The van der Waals surface area contributed by atoms with Crippen LogP contribution in [0.2, 0.25) is 5.02 Å². The van der Waals surface area contributed by atoms with Crippen LogP contribution in [-0.4, -0.2) is 29.7 Å². The van der Waals surface area contributed by atoms with E-state index in [1.165, 1.54) is 23.4 Å². The van der Waals surface area contributed by atoms with E-state index in [1.807, 2.05) is 37.3 Å². The van der Waals surface area contributed by atoms with Gasteiger partial charge < -0.3 is 9.84 Å². The molecule has 2 heterocycles. The van der Waals surface area contributed by atoms with Crippen LogP contribution in [-0.2, 0) is 25.3 Å². The van der Waals surface area contributed by atoms with Crippen LogP contribution in [0.4, 0.5) is 8.78 Å². The van der Waals surface area contributed by atoms with Crippen LogP contribution in [0.5, 0.6) is 5.75 Å². The van der Waals surface area contributed by atoms with E-state index < -0.39 is 17.2 Å². The van der Waals surface area contributed by atoms with E-state index in [0.717, 1.165) is 28.8 Å². The van der Waals surface area contributed by atoms with Crippen LogP contribution >= 0.6 is 11.6 Å². The van der Waals surface area contributed by atoms with Gasteiger partial charge in [-0.2, -0.15) is 10.2 Å². The zero-order chi connectivity index (χ0) is 25.3. The van der Waals surface area contributed by atoms with Gasteiger partial charge in [-0.15, -0.1) is 0 Å². The minimum atomic E-state index is -1.80. The highest BCUT2D eigenvalue weighted by molar-refractivity contribution is 6.30. The van der Waals surface area contributed by atoms with Crippen molar-refractivity contribution in [2.45, 2.75) is 32.2 Å². The van der Waals surface area contributed by atoms with E-state index in [4.69, 9.17) is 16.3 Å². The molecule has 2 aromatic heterocycles. The van der Waals surface area contributed by atoms with Crippen molar-refractivity contribution >= 4 is 22.5 Å². The molecule has 1 unspecified atom stereocenters. The van der Waals surface area contributed by atoms with E-state index in [2.05, 4.69) is 15.2 Å². The molecule has 0 amide bonds. The Bertz CT molecular complexity index is 1510. The second kappa shape index (κ2) is 9.67. The second-order valence-electron chi connectivity index (χ2n) is 8.56. The molecule has 0 fully saturated rings. The SMILES string of the molecule is Cc1c2c(OCc3ccc(Cl)cc3)cccc2nn1CC(O)(Cn1cncn1)c1ccc(F)cc1F. The van der Waals surface area contributed by atoms with Crippen molar-refractivity contribution in [1.82, 2.24) is 24.5 Å². The van der Waals surface area contributed by atoms with Gasteiger partial charge in [0.25, 0.3) is 0 Å². The Morgan fingerprint density at radius 2 is 1.86 bits per heavy atom. The van der Waals surface area contributed by atoms with Gasteiger partial charge in [-0.3, -0.25) is 4.68 Å². The average Bonchev–Trinajstić information content (AvgIpc) is 3.46. The lowest BCUT2D eigenvalue weighted by molar-refractivity contribution is -0.00880. The van der Waals surface area contributed by atoms with Crippen molar-refractivity contribution in [3.8, 4) is 5.75 Å². The molecule has 1 atom stereocenters. The number of hydrogen-bond donors (Lipinski definition) is 1. The molecule has 0 aliphatic heterocycles. The lowest BCUT2D eigenvalue weighted by Gasteiger charge is -2.29. The highest BCUT2D eigenvalue weighted by atomic mass is 35.5. The highest BCUT2D eigenvalue weighted by Gasteiger charge is 2.35. The summed E-state index contributed by atoms with van der Waals surface area (Å²) < 4.78 is 37.5. The van der Waals surface area contributed by atoms with Gasteiger partial charge in [-0.25, -0.2) is 18.4 Å². The van der Waals surface area contributed by atoms with Crippen LogP contribution < -0.4 is 4.74 Å². The number of nitrogens with zero attached hydrogens (tertiary/aromatic N) is 5. The molecule has 0 bridgehead atoms. The molecular formula is C26H22ClF2N5O2. The van der Waals surface area contributed by atoms with Gasteiger partial charge in [-0.05, 0) is 42.8 Å². The molecule has 0 aliphatic rings. The number of rotatable bonds is 8. The van der Waals surface area contributed by atoms with E-state index in [9.17, 15) is 13.9 Å². The monoisotopic (exact) mass is 509 g/mol. The first-order valence-electron chi connectivity index (χ1n) is 11.2. The van der Waals surface area contributed by atoms with Crippen molar-refractivity contribution in [3.63, 3.8) is 0 Å². The summed E-state index contributed by atoms with van der Waals surface area (Å²) in [5.74, 6) is -0.971. The molecule has 0 saturated heterocycles. The molecule has 184 valence electrons. The maximum Gasteiger partial charge on any atom is 0.137 e. The molecule has 1 N–H and O–H groups in total. The topological polar surface area (TPSA) is 78.0 Å². The number of aliphatic hydroxyl groups is 1. The third-order valence-electron chi connectivity index (χ3n) is 6.02. The molecule has 10 heteroatoms. The minimum Gasteiger partial charge on any atom is -0.488 e. The third kappa shape index (κ3) is 4.80. The summed E-state index contributed by atoms with van der Waals surface area (Å²) in [6.07, 6.45) is 2.74. The maximum atomic E-state index is 14.8. The summed E-state index contributed by atoms with van der Waals surface area (Å²) in [5, 5.41) is 21.8. The molecule has 5 aromatic rings. The van der Waals surface area contributed by atoms with Gasteiger partial charge in [0.2, 0.25) is 0 Å². The molecular weight excluding hydrogens is 488 g/mol. The Balaban J connectivity index is 1.50. The molecule has 0 radical (unpaired) electrons. The number of aromatic nitrogens is 5. The molecule has 0 spiro atoms. The Morgan fingerprint density at radius 3 is 2.58 bits per heavy atom. The zero-order valence-electron chi connectivity index (χ0n) is 19.3. The zero-order valence-corrected chi connectivity index (χ0v) is 20.0. The number of hydrogen-bond acceptors (Lipinski definition) is 5. The first kappa shape index (κ1) is 23.9. The standard InChI is InChI=1S/C26H22ClF2N5O2/c1-17-25-23(3-2-4-24(25)36-12-18-5-7-19(27)8-6-18)32-34(17)14-26(35,13-33-16-30-15-31-33)21-10-9-20(28)11-22(21)29/h2-11,15-16,35H,12-14H2,1H3. The smallest absolute Gasteiger partial charge is 0.137 e. The second-order valence-corrected chi connectivity index (χ2v) is 8.99. The number of aryl methyl sites for hydroxylation is 1. The quantitative estimate of drug-likeness (QED) is 0.317. The third-order valence-corrected chi connectivity index (χ3v) is 6.28. The summed E-state index contributed by atoms with van der Waals surface area (Å²) >= 11 is 5.97. The van der Waals surface area contributed by atoms with Crippen molar-refractivity contribution in [2.24, 2.45) is 0 Å².